The third kappa shape index (κ3) is 3.50. The Morgan fingerprint density at radius 2 is 2.00 bits per heavy atom. The molecule has 1 aliphatic rings. The molecule has 1 atom stereocenters. The van der Waals surface area contributed by atoms with Crippen LogP contribution in [0, 0.1) is 6.92 Å². The highest BCUT2D eigenvalue weighted by Crippen LogP contribution is 2.39. The Kier molecular flexibility index (Phi) is 4.53. The van der Waals surface area contributed by atoms with E-state index in [0.717, 1.165) is 23.3 Å². The molecule has 1 amide bonds. The number of aryl methyl sites for hydroxylation is 3. The number of thiophene rings is 1. The number of aromatic nitrogens is 1. The van der Waals surface area contributed by atoms with Crippen molar-refractivity contribution in [3.8, 4) is 10.4 Å². The normalized spacial score (nSPS) is 13.4. The summed E-state index contributed by atoms with van der Waals surface area (Å²) in [6.07, 6.45) is 0.919. The maximum atomic E-state index is 12.5. The molecule has 6 nitrogen and oxygen atoms in total. The number of ether oxygens (including phenoxy) is 1. The highest BCUT2D eigenvalue weighted by molar-refractivity contribution is 7.17. The third-order valence-electron chi connectivity index (χ3n) is 4.47. The van der Waals surface area contributed by atoms with Crippen LogP contribution in [0.15, 0.2) is 40.9 Å². The van der Waals surface area contributed by atoms with Crippen molar-refractivity contribution in [1.29, 1.82) is 0 Å². The standard InChI is InChI=1S/C20H18N2O4S/c1-11-9-17(22-26-11)21-19(23)12(2)25-20(24)16-10-14-8-7-13-5-3-4-6-15(13)18(14)27-16/h3-6,9-10,12H,7-8H2,1-2H3,(H,21,22,23)/t12-/m1/s1. The van der Waals surface area contributed by atoms with Gasteiger partial charge < -0.3 is 14.6 Å². The van der Waals surface area contributed by atoms with Gasteiger partial charge in [-0.2, -0.15) is 0 Å². The number of carbonyl (C=O) groups is 2. The van der Waals surface area contributed by atoms with E-state index < -0.39 is 18.0 Å². The van der Waals surface area contributed by atoms with Crippen molar-refractivity contribution in [2.45, 2.75) is 32.8 Å². The van der Waals surface area contributed by atoms with Crippen molar-refractivity contribution in [2.24, 2.45) is 0 Å². The fraction of sp³-hybridized carbons (Fsp3) is 0.250. The van der Waals surface area contributed by atoms with Crippen LogP contribution in [-0.2, 0) is 22.4 Å². The molecule has 1 N–H and O–H groups in total. The van der Waals surface area contributed by atoms with Gasteiger partial charge in [0, 0.05) is 10.9 Å². The average molecular weight is 382 g/mol. The first kappa shape index (κ1) is 17.5. The number of carbonyl (C=O) groups excluding carboxylic acids is 2. The van der Waals surface area contributed by atoms with Gasteiger partial charge in [-0.25, -0.2) is 4.79 Å². The van der Waals surface area contributed by atoms with Crippen molar-refractivity contribution < 1.29 is 18.8 Å². The molecule has 4 rings (SSSR count). The summed E-state index contributed by atoms with van der Waals surface area (Å²) in [5.74, 6) is -0.0721. The fourth-order valence-electron chi connectivity index (χ4n) is 3.10. The van der Waals surface area contributed by atoms with Gasteiger partial charge in [0.2, 0.25) is 0 Å². The summed E-state index contributed by atoms with van der Waals surface area (Å²) in [4.78, 5) is 26.3. The van der Waals surface area contributed by atoms with Crippen LogP contribution in [0.4, 0.5) is 5.82 Å². The number of fused-ring (bicyclic) bond motifs is 3. The molecule has 0 saturated heterocycles. The quantitative estimate of drug-likeness (QED) is 0.690. The van der Waals surface area contributed by atoms with Gasteiger partial charge in [-0.3, -0.25) is 4.79 Å². The number of esters is 1. The second-order valence-electron chi connectivity index (χ2n) is 6.48. The van der Waals surface area contributed by atoms with Crippen LogP contribution < -0.4 is 5.32 Å². The molecule has 0 aliphatic heterocycles. The summed E-state index contributed by atoms with van der Waals surface area (Å²) in [5.41, 5.74) is 3.62. The van der Waals surface area contributed by atoms with E-state index in [1.165, 1.54) is 29.4 Å². The number of amides is 1. The third-order valence-corrected chi connectivity index (χ3v) is 5.66. The molecule has 0 unspecified atom stereocenters. The Morgan fingerprint density at radius 1 is 1.22 bits per heavy atom. The molecular formula is C20H18N2O4S. The second kappa shape index (κ2) is 7.00. The number of hydrogen-bond donors (Lipinski definition) is 1. The first-order chi connectivity index (χ1) is 13.0. The maximum absolute atomic E-state index is 12.5. The smallest absolute Gasteiger partial charge is 0.349 e. The van der Waals surface area contributed by atoms with Crippen molar-refractivity contribution in [3.05, 3.63) is 58.2 Å². The monoisotopic (exact) mass is 382 g/mol. The van der Waals surface area contributed by atoms with Gasteiger partial charge in [0.05, 0.1) is 0 Å². The predicted molar refractivity (Wildman–Crippen MR) is 102 cm³/mol. The van der Waals surface area contributed by atoms with Gasteiger partial charge in [0.25, 0.3) is 5.91 Å². The van der Waals surface area contributed by atoms with E-state index in [-0.39, 0.29) is 0 Å². The van der Waals surface area contributed by atoms with Crippen LogP contribution in [0.1, 0.15) is 33.5 Å². The molecule has 2 aromatic heterocycles. The molecule has 0 fully saturated rings. The predicted octanol–water partition coefficient (Wildman–Crippen LogP) is 3.99. The fourth-order valence-corrected chi connectivity index (χ4v) is 4.25. The largest absolute Gasteiger partial charge is 0.448 e. The molecule has 0 saturated carbocycles. The minimum Gasteiger partial charge on any atom is -0.448 e. The van der Waals surface area contributed by atoms with E-state index in [0.29, 0.717) is 16.5 Å². The number of anilines is 1. The van der Waals surface area contributed by atoms with E-state index in [2.05, 4.69) is 22.6 Å². The van der Waals surface area contributed by atoms with Crippen LogP contribution in [0.2, 0.25) is 0 Å². The number of benzene rings is 1. The van der Waals surface area contributed by atoms with E-state index >= 15 is 0 Å². The Bertz CT molecular complexity index is 1020. The number of rotatable bonds is 4. The Labute approximate surface area is 160 Å². The SMILES string of the molecule is Cc1cc(NC(=O)[C@@H](C)OC(=O)c2cc3c(s2)-c2ccccc2CC3)no1. The summed E-state index contributed by atoms with van der Waals surface area (Å²) in [6, 6.07) is 11.7. The summed E-state index contributed by atoms with van der Waals surface area (Å²) < 4.78 is 10.2. The Morgan fingerprint density at radius 3 is 2.78 bits per heavy atom. The Hall–Kier alpha value is -2.93. The average Bonchev–Trinajstić information content (AvgIpc) is 3.27. The number of hydrogen-bond acceptors (Lipinski definition) is 6. The molecule has 138 valence electrons. The zero-order valence-electron chi connectivity index (χ0n) is 14.9. The van der Waals surface area contributed by atoms with E-state index in [1.807, 2.05) is 18.2 Å². The molecule has 27 heavy (non-hydrogen) atoms. The molecule has 1 aliphatic carbocycles. The second-order valence-corrected chi connectivity index (χ2v) is 7.53. The molecule has 0 radical (unpaired) electrons. The van der Waals surface area contributed by atoms with Crippen molar-refractivity contribution >= 4 is 29.0 Å². The summed E-state index contributed by atoms with van der Waals surface area (Å²) in [6.45, 7) is 3.26. The highest BCUT2D eigenvalue weighted by Gasteiger charge is 2.25. The van der Waals surface area contributed by atoms with Crippen LogP contribution in [0.5, 0.6) is 0 Å². The highest BCUT2D eigenvalue weighted by atomic mass is 32.1. The van der Waals surface area contributed by atoms with Crippen LogP contribution in [0.3, 0.4) is 0 Å². The van der Waals surface area contributed by atoms with E-state index in [4.69, 9.17) is 9.26 Å². The number of nitrogens with one attached hydrogen (secondary N) is 1. The molecule has 7 heteroatoms. The zero-order valence-corrected chi connectivity index (χ0v) is 15.8. The molecule has 0 spiro atoms. The van der Waals surface area contributed by atoms with Crippen molar-refractivity contribution in [3.63, 3.8) is 0 Å². The minimum atomic E-state index is -0.944. The minimum absolute atomic E-state index is 0.295. The Balaban J connectivity index is 1.46. The van der Waals surface area contributed by atoms with Gasteiger partial charge in [-0.1, -0.05) is 29.4 Å². The summed E-state index contributed by atoms with van der Waals surface area (Å²) in [7, 11) is 0. The zero-order chi connectivity index (χ0) is 19.0. The molecule has 3 aromatic rings. The van der Waals surface area contributed by atoms with E-state index in [9.17, 15) is 9.59 Å². The molecule has 1 aromatic carbocycles. The first-order valence-electron chi connectivity index (χ1n) is 8.67. The lowest BCUT2D eigenvalue weighted by Gasteiger charge is -2.15. The molecular weight excluding hydrogens is 364 g/mol. The summed E-state index contributed by atoms with van der Waals surface area (Å²) >= 11 is 1.41. The van der Waals surface area contributed by atoms with Gasteiger partial charge in [-0.15, -0.1) is 11.3 Å². The van der Waals surface area contributed by atoms with E-state index in [1.54, 1.807) is 13.0 Å². The van der Waals surface area contributed by atoms with Crippen LogP contribution >= 0.6 is 11.3 Å². The molecule has 0 bridgehead atoms. The lowest BCUT2D eigenvalue weighted by atomic mass is 9.91. The topological polar surface area (TPSA) is 81.4 Å². The van der Waals surface area contributed by atoms with Gasteiger partial charge in [0.15, 0.2) is 11.9 Å². The van der Waals surface area contributed by atoms with Crippen LogP contribution in [-0.4, -0.2) is 23.1 Å². The molecule has 2 heterocycles. The van der Waals surface area contributed by atoms with Gasteiger partial charge >= 0.3 is 5.97 Å². The summed E-state index contributed by atoms with van der Waals surface area (Å²) in [5, 5.41) is 6.26. The van der Waals surface area contributed by atoms with Gasteiger partial charge in [-0.05, 0) is 49.4 Å². The van der Waals surface area contributed by atoms with Crippen molar-refractivity contribution in [1.82, 2.24) is 5.16 Å². The van der Waals surface area contributed by atoms with Gasteiger partial charge in [0.1, 0.15) is 10.6 Å². The first-order valence-corrected chi connectivity index (χ1v) is 9.49. The van der Waals surface area contributed by atoms with Crippen molar-refractivity contribution in [2.75, 3.05) is 5.32 Å². The van der Waals surface area contributed by atoms with Crippen LogP contribution in [0.25, 0.3) is 10.4 Å². The lowest BCUT2D eigenvalue weighted by molar-refractivity contribution is -0.123. The number of nitrogens with zero attached hydrogens (tertiary/aromatic N) is 1. The maximum Gasteiger partial charge on any atom is 0.349 e. The lowest BCUT2D eigenvalue weighted by Crippen LogP contribution is -2.29.